The van der Waals surface area contributed by atoms with Crippen molar-refractivity contribution >= 4 is 42.4 Å². The molecule has 9 atom stereocenters. The van der Waals surface area contributed by atoms with Crippen LogP contribution in [0, 0.1) is 17.8 Å². The molecule has 3 rings (SSSR count). The lowest BCUT2D eigenvalue weighted by atomic mass is 9.98. The zero-order valence-electron chi connectivity index (χ0n) is 45.9. The molecule has 0 aliphatic carbocycles. The number of carboxylic acid groups (broad SMARTS) is 1. The molecule has 0 spiro atoms. The van der Waals surface area contributed by atoms with Gasteiger partial charge in [0.2, 0.25) is 11.8 Å². The fourth-order valence-electron chi connectivity index (χ4n) is 6.95. The van der Waals surface area contributed by atoms with Crippen molar-refractivity contribution < 1.29 is 52.8 Å². The van der Waals surface area contributed by atoms with Crippen molar-refractivity contribution in [2.45, 2.75) is 171 Å². The van der Waals surface area contributed by atoms with Crippen LogP contribution in [0.2, 0.25) is 0 Å². The molecule has 0 aromatic heterocycles. The van der Waals surface area contributed by atoms with Gasteiger partial charge < -0.3 is 61.5 Å². The smallest absolute Gasteiger partial charge is 0.408 e. The van der Waals surface area contributed by atoms with Crippen LogP contribution in [-0.4, -0.2) is 196 Å². The zero-order valence-corrected chi connectivity index (χ0v) is 46.7. The molecule has 9 N–H and O–H groups in total. The van der Waals surface area contributed by atoms with E-state index in [9.17, 15) is 24.0 Å². The molecule has 0 aromatic rings. The first-order chi connectivity index (χ1) is 32.2. The second-order valence-corrected chi connectivity index (χ2v) is 20.5. The number of nitrogens with one attached hydrogen (secondary N) is 4. The molecule has 20 nitrogen and oxygen atoms in total. The summed E-state index contributed by atoms with van der Waals surface area (Å²) >= 11 is 0. The molecule has 3 fully saturated rings. The summed E-state index contributed by atoms with van der Waals surface area (Å²) in [7, 11) is 0. The topological polar surface area (TPSA) is 262 Å². The summed E-state index contributed by atoms with van der Waals surface area (Å²) in [5.74, 6) is -1.13. The Hall–Kier alpha value is -3.08. The largest absolute Gasteiger partial charge is 0.480 e. The monoisotopic (exact) mass is 1030 g/mol. The van der Waals surface area contributed by atoms with Crippen molar-refractivity contribution in [3.05, 3.63) is 0 Å². The maximum atomic E-state index is 12.6. The predicted molar refractivity (Wildman–Crippen MR) is 278 cm³/mol. The van der Waals surface area contributed by atoms with E-state index in [2.05, 4.69) is 56.7 Å². The molecule has 0 aromatic carbocycles. The number of nitrogens with zero attached hydrogens (tertiary/aromatic N) is 3. The molecule has 3 aliphatic heterocycles. The highest BCUT2D eigenvalue weighted by Crippen LogP contribution is 2.14. The number of morpholine rings is 3. The Kier molecular flexibility index (Phi) is 36.2. The van der Waals surface area contributed by atoms with Crippen LogP contribution in [0.3, 0.4) is 0 Å². The molecule has 21 heteroatoms. The number of nitrogens with two attached hydrogens (primary N) is 2. The van der Waals surface area contributed by atoms with Gasteiger partial charge in [-0.05, 0) is 80.1 Å². The van der Waals surface area contributed by atoms with Crippen LogP contribution in [0.25, 0.3) is 0 Å². The van der Waals surface area contributed by atoms with Crippen LogP contribution in [0.5, 0.6) is 0 Å². The standard InChI is InChI=1S/C18H35N3O4.C13H27N3O2.C11H21NO4.C7H16N2O.ClH/c1-7-13(2)15(20-17(23)25-18(4,5)6)16(22)19-12-14(3)21-8-10-24-11-9-21;1-4-10(2)12(14)13(17)15-9-11(3)16-5-7-18-8-6-16;1-6-7(2)8(9(13)14)12-10(15)16-11(3,4)5;1-7(6-8)9-2-4-10-5-3-9;/h13-15H,7-12H2,1-6H3,(H,19,22)(H,20,23);10-12H,4-9,14H2,1-3H3,(H,15,17);7-8H,6H2,1-5H3,(H,12,15)(H,13,14);7H,2-6,8H2,1H3;1H/t13-,14?,15-;10-,11?,12-;7-,8-;;/m000../s1. The van der Waals surface area contributed by atoms with E-state index >= 15 is 0 Å². The second kappa shape index (κ2) is 36.8. The lowest BCUT2D eigenvalue weighted by Crippen LogP contribution is -2.54. The van der Waals surface area contributed by atoms with E-state index in [1.807, 2.05) is 34.6 Å². The zero-order chi connectivity index (χ0) is 52.9. The van der Waals surface area contributed by atoms with Crippen LogP contribution < -0.4 is 32.7 Å². The Balaban J connectivity index is 0. The van der Waals surface area contributed by atoms with Crippen LogP contribution in [0.15, 0.2) is 0 Å². The fraction of sp³-hybridized carbons (Fsp3) is 0.898. The summed E-state index contributed by atoms with van der Waals surface area (Å²) in [5.41, 5.74) is 10.2. The Bertz CT molecular complexity index is 1440. The molecule has 414 valence electrons. The minimum absolute atomic E-state index is 0. The highest BCUT2D eigenvalue weighted by molar-refractivity contribution is 5.86. The van der Waals surface area contributed by atoms with E-state index in [0.29, 0.717) is 31.6 Å². The van der Waals surface area contributed by atoms with Gasteiger partial charge in [-0.15, -0.1) is 12.4 Å². The third-order valence-electron chi connectivity index (χ3n) is 12.4. The van der Waals surface area contributed by atoms with E-state index in [4.69, 9.17) is 40.3 Å². The SMILES string of the molecule is CC(CN)N1CCOCC1.CC[C@H](C)[C@H](N)C(=O)NCC(C)N1CCOCC1.CC[C@H](C)[C@H](NC(=O)OC(C)(C)C)C(=O)NCC(C)N1CCOCC1.CC[C@H](C)[C@H](NC(=O)OC(C)(C)C)C(=O)O.Cl. The Labute approximate surface area is 428 Å². The van der Waals surface area contributed by atoms with E-state index in [1.54, 1.807) is 48.5 Å². The van der Waals surface area contributed by atoms with Gasteiger partial charge in [-0.2, -0.15) is 0 Å². The van der Waals surface area contributed by atoms with Gasteiger partial charge in [0.25, 0.3) is 0 Å². The van der Waals surface area contributed by atoms with Gasteiger partial charge in [0.1, 0.15) is 23.3 Å². The van der Waals surface area contributed by atoms with Gasteiger partial charge in [-0.3, -0.25) is 24.3 Å². The summed E-state index contributed by atoms with van der Waals surface area (Å²) in [4.78, 5) is 65.8. The minimum atomic E-state index is -1.04. The number of alkyl carbamates (subject to hydrolysis) is 2. The number of hydrogen-bond donors (Lipinski definition) is 7. The lowest BCUT2D eigenvalue weighted by molar-refractivity contribution is -0.140. The number of carbonyl (C=O) groups is 5. The summed E-state index contributed by atoms with van der Waals surface area (Å²) in [6.45, 7) is 41.0. The predicted octanol–water partition coefficient (Wildman–Crippen LogP) is 4.06. The van der Waals surface area contributed by atoms with Crippen LogP contribution in [-0.2, 0) is 38.1 Å². The summed E-state index contributed by atoms with van der Waals surface area (Å²) in [5, 5.41) is 20.0. The van der Waals surface area contributed by atoms with Crippen molar-refractivity contribution in [2.24, 2.45) is 29.2 Å². The number of rotatable bonds is 19. The highest BCUT2D eigenvalue weighted by Gasteiger charge is 2.30. The maximum absolute atomic E-state index is 12.6. The number of carboxylic acids is 1. The van der Waals surface area contributed by atoms with Crippen molar-refractivity contribution in [2.75, 3.05) is 98.5 Å². The van der Waals surface area contributed by atoms with Crippen LogP contribution in [0.4, 0.5) is 9.59 Å². The quantitative estimate of drug-likeness (QED) is 0.0963. The van der Waals surface area contributed by atoms with Crippen LogP contribution >= 0.6 is 12.4 Å². The van der Waals surface area contributed by atoms with E-state index < -0.39 is 47.5 Å². The fourth-order valence-corrected chi connectivity index (χ4v) is 6.95. The number of aliphatic carboxylic acids is 1. The molecule has 0 radical (unpaired) electrons. The number of ether oxygens (including phenoxy) is 5. The van der Waals surface area contributed by atoms with Gasteiger partial charge in [0.05, 0.1) is 45.7 Å². The average Bonchev–Trinajstić information content (AvgIpc) is 3.32. The number of carbonyl (C=O) groups excluding carboxylic acids is 4. The lowest BCUT2D eigenvalue weighted by Gasteiger charge is -2.33. The molecular formula is C49H100ClN9O11. The summed E-state index contributed by atoms with van der Waals surface area (Å²) < 4.78 is 26.2. The molecule has 70 heavy (non-hydrogen) atoms. The van der Waals surface area contributed by atoms with E-state index in [1.165, 1.54) is 0 Å². The minimum Gasteiger partial charge on any atom is -0.480 e. The molecule has 3 aliphatic rings. The molecule has 0 bridgehead atoms. The van der Waals surface area contributed by atoms with Crippen molar-refractivity contribution in [3.8, 4) is 0 Å². The Morgan fingerprint density at radius 1 is 0.557 bits per heavy atom. The van der Waals surface area contributed by atoms with Crippen molar-refractivity contribution in [1.29, 1.82) is 0 Å². The average molecular weight is 1030 g/mol. The van der Waals surface area contributed by atoms with E-state index in [0.717, 1.165) is 98.3 Å². The third-order valence-corrected chi connectivity index (χ3v) is 12.4. The molecule has 3 saturated heterocycles. The van der Waals surface area contributed by atoms with Crippen molar-refractivity contribution in [1.82, 2.24) is 36.0 Å². The summed E-state index contributed by atoms with van der Waals surface area (Å²) in [6, 6.07) is -0.818. The van der Waals surface area contributed by atoms with Crippen molar-refractivity contribution in [3.63, 3.8) is 0 Å². The first kappa shape index (κ1) is 69.0. The van der Waals surface area contributed by atoms with Gasteiger partial charge in [-0.1, -0.05) is 60.8 Å². The Morgan fingerprint density at radius 3 is 1.19 bits per heavy atom. The normalized spacial score (nSPS) is 19.7. The van der Waals surface area contributed by atoms with Gasteiger partial charge in [0, 0.05) is 77.0 Å². The van der Waals surface area contributed by atoms with Gasteiger partial charge in [0.15, 0.2) is 0 Å². The second-order valence-electron chi connectivity index (χ2n) is 20.5. The molecule has 4 amide bonds. The number of halogens is 1. The summed E-state index contributed by atoms with van der Waals surface area (Å²) in [6.07, 6.45) is 1.13. The molecule has 0 saturated carbocycles. The first-order valence-corrected chi connectivity index (χ1v) is 25.4. The van der Waals surface area contributed by atoms with E-state index in [-0.39, 0.29) is 48.0 Å². The maximum Gasteiger partial charge on any atom is 0.408 e. The first-order valence-electron chi connectivity index (χ1n) is 25.4. The molecule has 3 heterocycles. The van der Waals surface area contributed by atoms with Crippen LogP contribution in [0.1, 0.15) is 123 Å². The molecule has 3 unspecified atom stereocenters. The molecular weight excluding hydrogens is 926 g/mol. The Morgan fingerprint density at radius 2 is 0.871 bits per heavy atom. The van der Waals surface area contributed by atoms with Gasteiger partial charge >= 0.3 is 18.2 Å². The van der Waals surface area contributed by atoms with Gasteiger partial charge in [-0.25, -0.2) is 14.4 Å². The highest BCUT2D eigenvalue weighted by atomic mass is 35.5. The number of amides is 4. The third kappa shape index (κ3) is 30.7. The number of hydrogen-bond acceptors (Lipinski definition) is 15.